The van der Waals surface area contributed by atoms with Crippen LogP contribution in [0.3, 0.4) is 0 Å². The van der Waals surface area contributed by atoms with Gasteiger partial charge in [0.1, 0.15) is 0 Å². The average molecular weight is 294 g/mol. The second-order valence-electron chi connectivity index (χ2n) is 3.56. The molecule has 0 unspecified atom stereocenters. The summed E-state index contributed by atoms with van der Waals surface area (Å²) in [6, 6.07) is 1.32. The number of unbranched alkanes of at least 4 members (excludes halogenated alkanes) is 1. The maximum Gasteiger partial charge on any atom is 0.283 e. The van der Waals surface area contributed by atoms with E-state index in [4.69, 9.17) is 5.73 Å². The molecule has 0 saturated heterocycles. The van der Waals surface area contributed by atoms with Gasteiger partial charge in [0.25, 0.3) is 11.6 Å². The van der Waals surface area contributed by atoms with Gasteiger partial charge in [-0.15, -0.1) is 23.7 Å². The molecule has 102 valence electrons. The van der Waals surface area contributed by atoms with Crippen LogP contribution in [0.1, 0.15) is 27.4 Å². The molecule has 0 fully saturated rings. The maximum absolute atomic E-state index is 11.6. The molecule has 0 aliphatic carbocycles. The Morgan fingerprint density at radius 3 is 2.72 bits per heavy atom. The zero-order valence-electron chi connectivity index (χ0n) is 9.97. The summed E-state index contributed by atoms with van der Waals surface area (Å²) in [5.41, 5.74) is 5.33. The molecule has 1 amide bonds. The summed E-state index contributed by atoms with van der Waals surface area (Å²) in [5.74, 6) is -0.261. The van der Waals surface area contributed by atoms with E-state index < -0.39 is 4.92 Å². The molecular formula is C10H16ClN3O3S. The van der Waals surface area contributed by atoms with Gasteiger partial charge in [0, 0.05) is 12.6 Å². The molecule has 0 aliphatic rings. The van der Waals surface area contributed by atoms with Gasteiger partial charge < -0.3 is 11.1 Å². The van der Waals surface area contributed by atoms with Crippen molar-refractivity contribution in [1.82, 2.24) is 5.32 Å². The van der Waals surface area contributed by atoms with E-state index in [1.807, 2.05) is 0 Å². The highest BCUT2D eigenvalue weighted by atomic mass is 35.5. The van der Waals surface area contributed by atoms with Crippen molar-refractivity contribution in [1.29, 1.82) is 0 Å². The van der Waals surface area contributed by atoms with Crippen LogP contribution in [0.5, 0.6) is 0 Å². The average Bonchev–Trinajstić information content (AvgIpc) is 2.66. The normalized spacial score (nSPS) is 9.67. The largest absolute Gasteiger partial charge is 0.351 e. The number of carbonyl (C=O) groups excluding carboxylic acids is 1. The third kappa shape index (κ3) is 4.59. The highest BCUT2D eigenvalue weighted by Gasteiger charge is 2.18. The van der Waals surface area contributed by atoms with E-state index in [2.05, 4.69) is 5.32 Å². The van der Waals surface area contributed by atoms with Crippen LogP contribution in [-0.4, -0.2) is 23.9 Å². The molecule has 18 heavy (non-hydrogen) atoms. The minimum absolute atomic E-state index is 0. The van der Waals surface area contributed by atoms with Crippen molar-refractivity contribution in [2.75, 3.05) is 13.1 Å². The van der Waals surface area contributed by atoms with E-state index in [9.17, 15) is 14.9 Å². The monoisotopic (exact) mass is 293 g/mol. The lowest BCUT2D eigenvalue weighted by molar-refractivity contribution is -0.385. The van der Waals surface area contributed by atoms with Crippen molar-refractivity contribution in [3.63, 3.8) is 0 Å². The second-order valence-corrected chi connectivity index (χ2v) is 4.82. The number of nitrogens with two attached hydrogens (primary N) is 1. The van der Waals surface area contributed by atoms with Crippen molar-refractivity contribution in [2.24, 2.45) is 5.73 Å². The summed E-state index contributed by atoms with van der Waals surface area (Å²) in [6.45, 7) is 2.77. The number of thiophene rings is 1. The number of hydrogen-bond acceptors (Lipinski definition) is 5. The van der Waals surface area contributed by atoms with Crippen LogP contribution in [0.2, 0.25) is 0 Å². The summed E-state index contributed by atoms with van der Waals surface area (Å²) in [4.78, 5) is 22.7. The van der Waals surface area contributed by atoms with Gasteiger partial charge in [-0.25, -0.2) is 0 Å². The third-order valence-electron chi connectivity index (χ3n) is 2.23. The lowest BCUT2D eigenvalue weighted by Gasteiger charge is -2.01. The number of nitrogens with one attached hydrogen (secondary N) is 1. The molecule has 0 aromatic carbocycles. The number of nitrogens with zero attached hydrogens (tertiary/aromatic N) is 1. The summed E-state index contributed by atoms with van der Waals surface area (Å²) in [6.07, 6.45) is 1.67. The highest BCUT2D eigenvalue weighted by molar-refractivity contribution is 7.14. The predicted molar refractivity (Wildman–Crippen MR) is 73.6 cm³/mol. The Hall–Kier alpha value is -1.18. The van der Waals surface area contributed by atoms with Gasteiger partial charge in [0.05, 0.1) is 14.7 Å². The fraction of sp³-hybridized carbons (Fsp3) is 0.500. The molecule has 1 aromatic rings. The second kappa shape index (κ2) is 8.02. The smallest absolute Gasteiger partial charge is 0.283 e. The van der Waals surface area contributed by atoms with Crippen molar-refractivity contribution in [3.8, 4) is 0 Å². The number of rotatable bonds is 6. The van der Waals surface area contributed by atoms with Gasteiger partial charge in [0.15, 0.2) is 0 Å². The standard InChI is InChI=1S/C10H15N3O3S.ClH/c1-7-8(13(15)16)6-9(17-7)10(14)12-5-3-2-4-11;/h6H,2-5,11H2,1H3,(H,12,14);1H. The van der Waals surface area contributed by atoms with Crippen molar-refractivity contribution in [3.05, 3.63) is 25.9 Å². The molecule has 1 aromatic heterocycles. The van der Waals surface area contributed by atoms with Crippen LogP contribution in [0.25, 0.3) is 0 Å². The van der Waals surface area contributed by atoms with Gasteiger partial charge in [-0.3, -0.25) is 14.9 Å². The van der Waals surface area contributed by atoms with E-state index in [1.54, 1.807) is 6.92 Å². The summed E-state index contributed by atoms with van der Waals surface area (Å²) in [7, 11) is 0. The number of amides is 1. The molecule has 8 heteroatoms. The lowest BCUT2D eigenvalue weighted by Crippen LogP contribution is -2.23. The first-order chi connectivity index (χ1) is 8.06. The summed E-state index contributed by atoms with van der Waals surface area (Å²) >= 11 is 1.14. The van der Waals surface area contributed by atoms with Crippen LogP contribution in [0.15, 0.2) is 6.07 Å². The van der Waals surface area contributed by atoms with Gasteiger partial charge in [-0.2, -0.15) is 0 Å². The van der Waals surface area contributed by atoms with Gasteiger partial charge >= 0.3 is 0 Å². The molecule has 0 saturated carbocycles. The fourth-order valence-corrected chi connectivity index (χ4v) is 2.23. The van der Waals surface area contributed by atoms with E-state index in [1.165, 1.54) is 6.07 Å². The van der Waals surface area contributed by atoms with Crippen LogP contribution >= 0.6 is 23.7 Å². The number of carbonyl (C=O) groups is 1. The molecule has 3 N–H and O–H groups in total. The zero-order chi connectivity index (χ0) is 12.8. The Labute approximate surface area is 115 Å². The van der Waals surface area contributed by atoms with Gasteiger partial charge in [0.2, 0.25) is 0 Å². The molecule has 0 atom stereocenters. The molecule has 0 aliphatic heterocycles. The minimum Gasteiger partial charge on any atom is -0.351 e. The number of halogens is 1. The van der Waals surface area contributed by atoms with E-state index in [0.717, 1.165) is 24.2 Å². The first kappa shape index (κ1) is 16.8. The molecular weight excluding hydrogens is 278 g/mol. The third-order valence-corrected chi connectivity index (χ3v) is 3.27. The molecule has 0 bridgehead atoms. The van der Waals surface area contributed by atoms with E-state index in [-0.39, 0.29) is 24.0 Å². The topological polar surface area (TPSA) is 98.3 Å². The number of hydrogen-bond donors (Lipinski definition) is 2. The molecule has 1 rings (SSSR count). The van der Waals surface area contributed by atoms with Crippen LogP contribution in [-0.2, 0) is 0 Å². The highest BCUT2D eigenvalue weighted by Crippen LogP contribution is 2.27. The fourth-order valence-electron chi connectivity index (χ4n) is 1.32. The molecule has 0 spiro atoms. The summed E-state index contributed by atoms with van der Waals surface area (Å²) < 4.78 is 0. The Morgan fingerprint density at radius 1 is 1.56 bits per heavy atom. The lowest BCUT2D eigenvalue weighted by atomic mass is 10.3. The predicted octanol–water partition coefficient (Wildman–Crippen LogP) is 1.86. The Bertz CT molecular complexity index is 423. The minimum atomic E-state index is -0.475. The Balaban J connectivity index is 0.00000289. The van der Waals surface area contributed by atoms with E-state index in [0.29, 0.717) is 22.8 Å². The first-order valence-electron chi connectivity index (χ1n) is 5.29. The Kier molecular flexibility index (Phi) is 7.49. The molecule has 1 heterocycles. The molecule has 0 radical (unpaired) electrons. The van der Waals surface area contributed by atoms with Gasteiger partial charge in [-0.1, -0.05) is 0 Å². The van der Waals surface area contributed by atoms with Crippen LogP contribution in [0.4, 0.5) is 5.69 Å². The van der Waals surface area contributed by atoms with Crippen LogP contribution in [0, 0.1) is 17.0 Å². The Morgan fingerprint density at radius 2 is 2.22 bits per heavy atom. The van der Waals surface area contributed by atoms with E-state index >= 15 is 0 Å². The van der Waals surface area contributed by atoms with Crippen molar-refractivity contribution < 1.29 is 9.72 Å². The maximum atomic E-state index is 11.6. The van der Waals surface area contributed by atoms with Crippen molar-refractivity contribution >= 4 is 35.3 Å². The van der Waals surface area contributed by atoms with Crippen LogP contribution < -0.4 is 11.1 Å². The number of aryl methyl sites for hydroxylation is 1. The number of nitro groups is 1. The quantitative estimate of drug-likeness (QED) is 0.475. The van der Waals surface area contributed by atoms with Gasteiger partial charge in [-0.05, 0) is 26.3 Å². The SMILES string of the molecule is Cc1sc(C(=O)NCCCCN)cc1[N+](=O)[O-].Cl. The zero-order valence-corrected chi connectivity index (χ0v) is 11.6. The molecule has 6 nitrogen and oxygen atoms in total. The first-order valence-corrected chi connectivity index (χ1v) is 6.11. The van der Waals surface area contributed by atoms with Crippen molar-refractivity contribution in [2.45, 2.75) is 19.8 Å². The summed E-state index contributed by atoms with van der Waals surface area (Å²) in [5, 5.41) is 13.3.